The Bertz CT molecular complexity index is 459. The summed E-state index contributed by atoms with van der Waals surface area (Å²) in [4.78, 5) is 14.1. The Morgan fingerprint density at radius 1 is 1.42 bits per heavy atom. The van der Waals surface area contributed by atoms with Gasteiger partial charge in [0.05, 0.1) is 0 Å². The van der Waals surface area contributed by atoms with E-state index in [1.54, 1.807) is 0 Å². The molecule has 0 aliphatic carbocycles. The van der Waals surface area contributed by atoms with Crippen LogP contribution in [0.15, 0.2) is 22.7 Å². The zero-order valence-electron chi connectivity index (χ0n) is 11.3. The van der Waals surface area contributed by atoms with Gasteiger partial charge >= 0.3 is 0 Å². The smallest absolute Gasteiger partial charge is 0.263 e. The van der Waals surface area contributed by atoms with Crippen molar-refractivity contribution in [1.82, 2.24) is 10.2 Å². The minimum Gasteiger partial charge on any atom is -0.481 e. The first-order valence-corrected chi connectivity index (χ1v) is 7.29. The van der Waals surface area contributed by atoms with Gasteiger partial charge in [0.2, 0.25) is 0 Å². The third-order valence-electron chi connectivity index (χ3n) is 3.22. The third kappa shape index (κ3) is 3.70. The van der Waals surface area contributed by atoms with Gasteiger partial charge in [0, 0.05) is 30.7 Å². The second-order valence-corrected chi connectivity index (χ2v) is 5.66. The molecule has 1 atom stereocenters. The summed E-state index contributed by atoms with van der Waals surface area (Å²) in [6.07, 6.45) is -0.446. The summed E-state index contributed by atoms with van der Waals surface area (Å²) >= 11 is 3.42. The third-order valence-corrected chi connectivity index (χ3v) is 3.71. The van der Waals surface area contributed by atoms with E-state index in [1.807, 2.05) is 36.9 Å². The molecule has 1 unspecified atom stereocenters. The average molecular weight is 327 g/mol. The monoisotopic (exact) mass is 326 g/mol. The standard InChI is InChI=1S/C14H19BrN2O2/c1-10-9-12(15)3-4-13(10)19-11(2)14(18)17-7-5-16-6-8-17/h3-4,9,11,16H,5-8H2,1-2H3. The molecule has 1 amide bonds. The maximum Gasteiger partial charge on any atom is 0.263 e. The molecule has 1 heterocycles. The number of carbonyl (C=O) groups is 1. The Kier molecular flexibility index (Phi) is 4.82. The number of aryl methyl sites for hydroxylation is 1. The average Bonchev–Trinajstić information content (AvgIpc) is 2.42. The lowest BCUT2D eigenvalue weighted by atomic mass is 10.2. The predicted octanol–water partition coefficient (Wildman–Crippen LogP) is 1.96. The molecule has 1 aromatic rings. The normalized spacial score (nSPS) is 17.1. The van der Waals surface area contributed by atoms with Crippen molar-refractivity contribution in [2.45, 2.75) is 20.0 Å². The molecular weight excluding hydrogens is 308 g/mol. The number of rotatable bonds is 3. The first kappa shape index (κ1) is 14.3. The van der Waals surface area contributed by atoms with E-state index >= 15 is 0 Å². The van der Waals surface area contributed by atoms with Crippen LogP contribution in [0.25, 0.3) is 0 Å². The van der Waals surface area contributed by atoms with Gasteiger partial charge in [0.15, 0.2) is 6.10 Å². The summed E-state index contributed by atoms with van der Waals surface area (Å²) in [5.41, 5.74) is 1.02. The lowest BCUT2D eigenvalue weighted by Crippen LogP contribution is -2.50. The van der Waals surface area contributed by atoms with Crippen LogP contribution in [-0.4, -0.2) is 43.1 Å². The molecule has 4 nitrogen and oxygen atoms in total. The van der Waals surface area contributed by atoms with Crippen LogP contribution in [0.3, 0.4) is 0 Å². The molecule has 0 radical (unpaired) electrons. The number of amides is 1. The molecular formula is C14H19BrN2O2. The van der Waals surface area contributed by atoms with Gasteiger partial charge in [-0.05, 0) is 37.6 Å². The zero-order chi connectivity index (χ0) is 13.8. The highest BCUT2D eigenvalue weighted by atomic mass is 79.9. The van der Waals surface area contributed by atoms with E-state index in [-0.39, 0.29) is 5.91 Å². The van der Waals surface area contributed by atoms with Gasteiger partial charge in [-0.1, -0.05) is 15.9 Å². The predicted molar refractivity (Wildman–Crippen MR) is 78.4 cm³/mol. The fourth-order valence-electron chi connectivity index (χ4n) is 2.13. The number of ether oxygens (including phenoxy) is 1. The van der Waals surface area contributed by atoms with E-state index in [1.165, 1.54) is 0 Å². The Morgan fingerprint density at radius 3 is 2.74 bits per heavy atom. The van der Waals surface area contributed by atoms with Crippen LogP contribution in [0.5, 0.6) is 5.75 Å². The molecule has 1 aliphatic heterocycles. The number of benzene rings is 1. The molecule has 0 saturated carbocycles. The molecule has 2 rings (SSSR count). The summed E-state index contributed by atoms with van der Waals surface area (Å²) < 4.78 is 6.80. The van der Waals surface area contributed by atoms with Crippen molar-refractivity contribution in [3.05, 3.63) is 28.2 Å². The molecule has 104 valence electrons. The van der Waals surface area contributed by atoms with Crippen molar-refractivity contribution in [3.8, 4) is 5.75 Å². The largest absolute Gasteiger partial charge is 0.481 e. The zero-order valence-corrected chi connectivity index (χ0v) is 12.9. The summed E-state index contributed by atoms with van der Waals surface area (Å²) in [5.74, 6) is 0.822. The Hall–Kier alpha value is -1.07. The Labute approximate surface area is 122 Å². The highest BCUT2D eigenvalue weighted by Crippen LogP contribution is 2.23. The van der Waals surface area contributed by atoms with Gasteiger partial charge in [0.1, 0.15) is 5.75 Å². The van der Waals surface area contributed by atoms with Crippen molar-refractivity contribution in [3.63, 3.8) is 0 Å². The SMILES string of the molecule is Cc1cc(Br)ccc1OC(C)C(=O)N1CCNCC1. The molecule has 0 bridgehead atoms. The first-order chi connectivity index (χ1) is 9.08. The highest BCUT2D eigenvalue weighted by molar-refractivity contribution is 9.10. The van der Waals surface area contributed by atoms with Gasteiger partial charge in [-0.2, -0.15) is 0 Å². The van der Waals surface area contributed by atoms with E-state index < -0.39 is 6.10 Å². The number of nitrogens with one attached hydrogen (secondary N) is 1. The summed E-state index contributed by atoms with van der Waals surface area (Å²) in [7, 11) is 0. The summed E-state index contributed by atoms with van der Waals surface area (Å²) in [6.45, 7) is 7.01. The highest BCUT2D eigenvalue weighted by Gasteiger charge is 2.23. The van der Waals surface area contributed by atoms with Crippen molar-refractivity contribution in [2.24, 2.45) is 0 Å². The number of hydrogen-bond donors (Lipinski definition) is 1. The quantitative estimate of drug-likeness (QED) is 0.923. The van der Waals surface area contributed by atoms with Crippen molar-refractivity contribution < 1.29 is 9.53 Å². The van der Waals surface area contributed by atoms with Gasteiger partial charge in [0.25, 0.3) is 5.91 Å². The number of piperazine rings is 1. The molecule has 0 spiro atoms. The fraction of sp³-hybridized carbons (Fsp3) is 0.500. The molecule has 1 fully saturated rings. The van der Waals surface area contributed by atoms with Gasteiger partial charge in [-0.3, -0.25) is 4.79 Å². The van der Waals surface area contributed by atoms with Crippen molar-refractivity contribution in [2.75, 3.05) is 26.2 Å². The molecule has 19 heavy (non-hydrogen) atoms. The van der Waals surface area contributed by atoms with E-state index in [9.17, 15) is 4.79 Å². The number of carbonyl (C=O) groups excluding carboxylic acids is 1. The van der Waals surface area contributed by atoms with Gasteiger partial charge in [-0.15, -0.1) is 0 Å². The second kappa shape index (κ2) is 6.39. The molecule has 1 saturated heterocycles. The van der Waals surface area contributed by atoms with E-state index in [4.69, 9.17) is 4.74 Å². The second-order valence-electron chi connectivity index (χ2n) is 4.75. The molecule has 5 heteroatoms. The number of halogens is 1. The molecule has 1 N–H and O–H groups in total. The van der Waals surface area contributed by atoms with Crippen molar-refractivity contribution in [1.29, 1.82) is 0 Å². The van der Waals surface area contributed by atoms with Crippen LogP contribution in [-0.2, 0) is 4.79 Å². The minimum absolute atomic E-state index is 0.0591. The van der Waals surface area contributed by atoms with Gasteiger partial charge < -0.3 is 15.0 Å². The van der Waals surface area contributed by atoms with Crippen LogP contribution in [0.1, 0.15) is 12.5 Å². The number of nitrogens with zero attached hydrogens (tertiary/aromatic N) is 1. The molecule has 0 aromatic heterocycles. The first-order valence-electron chi connectivity index (χ1n) is 6.50. The van der Waals surface area contributed by atoms with Crippen LogP contribution in [0.4, 0.5) is 0 Å². The lowest BCUT2D eigenvalue weighted by Gasteiger charge is -2.30. The molecule has 1 aromatic carbocycles. The Morgan fingerprint density at radius 2 is 2.11 bits per heavy atom. The topological polar surface area (TPSA) is 41.6 Å². The summed E-state index contributed by atoms with van der Waals surface area (Å²) in [5, 5.41) is 3.23. The summed E-state index contributed by atoms with van der Waals surface area (Å²) in [6, 6.07) is 5.79. The van der Waals surface area contributed by atoms with Crippen LogP contribution < -0.4 is 10.1 Å². The fourth-order valence-corrected chi connectivity index (χ4v) is 2.60. The van der Waals surface area contributed by atoms with Crippen LogP contribution >= 0.6 is 15.9 Å². The van der Waals surface area contributed by atoms with Gasteiger partial charge in [-0.25, -0.2) is 0 Å². The van der Waals surface area contributed by atoms with Crippen LogP contribution in [0, 0.1) is 6.92 Å². The van der Waals surface area contributed by atoms with E-state index in [0.29, 0.717) is 0 Å². The van der Waals surface area contributed by atoms with E-state index in [2.05, 4.69) is 21.2 Å². The molecule has 1 aliphatic rings. The lowest BCUT2D eigenvalue weighted by molar-refractivity contribution is -0.138. The van der Waals surface area contributed by atoms with E-state index in [0.717, 1.165) is 42.0 Å². The minimum atomic E-state index is -0.446. The maximum atomic E-state index is 12.2. The van der Waals surface area contributed by atoms with Crippen molar-refractivity contribution >= 4 is 21.8 Å². The maximum absolute atomic E-state index is 12.2. The van der Waals surface area contributed by atoms with Crippen LogP contribution in [0.2, 0.25) is 0 Å². The number of hydrogen-bond acceptors (Lipinski definition) is 3. The Balaban J connectivity index is 1.99.